The van der Waals surface area contributed by atoms with Crippen LogP contribution in [-0.4, -0.2) is 11.1 Å². The molecule has 3 N–H and O–H groups in total. The van der Waals surface area contributed by atoms with Crippen molar-refractivity contribution in [2.75, 3.05) is 0 Å². The first-order chi connectivity index (χ1) is 3.55. The predicted molar refractivity (Wildman–Crippen MR) is 25.6 cm³/mol. The fraction of sp³-hybridized carbons (Fsp3) is 0.250. The van der Waals surface area contributed by atoms with Gasteiger partial charge in [0.25, 0.3) is 0 Å². The molecule has 0 aromatic rings. The highest BCUT2D eigenvalue weighted by Crippen LogP contribution is 1.96. The van der Waals surface area contributed by atoms with Gasteiger partial charge in [-0.25, -0.2) is 4.79 Å². The quantitative estimate of drug-likeness (QED) is 0.383. The zero-order valence-electron chi connectivity index (χ0n) is 4.31. The Morgan fingerprint density at radius 3 is 2.12 bits per heavy atom. The Morgan fingerprint density at radius 1 is 1.75 bits per heavy atom. The second-order valence-corrected chi connectivity index (χ2v) is 1.28. The van der Waals surface area contributed by atoms with Crippen molar-refractivity contribution < 1.29 is 14.3 Å². The third-order valence-corrected chi connectivity index (χ3v) is 0.679. The van der Waals surface area contributed by atoms with Crippen molar-refractivity contribution in [1.82, 2.24) is 0 Å². The second-order valence-electron chi connectivity index (χ2n) is 1.28. The number of hydrogen-bond donors (Lipinski definition) is 2. The van der Waals surface area contributed by atoms with E-state index in [1.807, 2.05) is 0 Å². The average molecular weight is 119 g/mol. The van der Waals surface area contributed by atoms with Gasteiger partial charge in [-0.15, -0.1) is 0 Å². The number of carboxylic acid groups (broad SMARTS) is 1. The Morgan fingerprint density at radius 2 is 2.12 bits per heavy atom. The Hall–Kier alpha value is -1.06. The summed E-state index contributed by atoms with van der Waals surface area (Å²) in [7, 11) is 0. The van der Waals surface area contributed by atoms with E-state index in [2.05, 4.69) is 5.73 Å². The molecule has 0 fully saturated rings. The molecule has 0 heterocycles. The van der Waals surface area contributed by atoms with E-state index in [4.69, 9.17) is 5.11 Å². The lowest BCUT2D eigenvalue weighted by Crippen LogP contribution is -2.03. The molecule has 3 nitrogen and oxygen atoms in total. The SMILES string of the molecule is CC(C(=O)O)=C(N)F. The Labute approximate surface area is 45.6 Å². The number of halogens is 1. The number of carboxylic acids is 1. The number of aliphatic carboxylic acids is 1. The van der Waals surface area contributed by atoms with Crippen LogP contribution in [0.3, 0.4) is 0 Å². The van der Waals surface area contributed by atoms with Gasteiger partial charge < -0.3 is 10.8 Å². The first kappa shape index (κ1) is 6.94. The van der Waals surface area contributed by atoms with Crippen LogP contribution in [0.2, 0.25) is 0 Å². The minimum absolute atomic E-state index is 0.454. The van der Waals surface area contributed by atoms with Gasteiger partial charge in [-0.05, 0) is 6.92 Å². The summed E-state index contributed by atoms with van der Waals surface area (Å²) in [5, 5.41) is 7.97. The molecule has 0 saturated heterocycles. The zero-order chi connectivity index (χ0) is 6.73. The Kier molecular flexibility index (Phi) is 1.99. The van der Waals surface area contributed by atoms with E-state index in [-0.39, 0.29) is 0 Å². The van der Waals surface area contributed by atoms with Gasteiger partial charge in [-0.2, -0.15) is 4.39 Å². The van der Waals surface area contributed by atoms with E-state index < -0.39 is 17.5 Å². The molecule has 46 valence electrons. The molecule has 0 aliphatic carbocycles. The summed E-state index contributed by atoms with van der Waals surface area (Å²) in [6.45, 7) is 1.09. The molecular formula is C4H6FNO2. The molecule has 0 bridgehead atoms. The van der Waals surface area contributed by atoms with Crippen molar-refractivity contribution in [3.63, 3.8) is 0 Å². The van der Waals surface area contributed by atoms with Crippen LogP contribution < -0.4 is 5.73 Å². The molecule has 0 amide bonds. The van der Waals surface area contributed by atoms with E-state index in [0.717, 1.165) is 6.92 Å². The summed E-state index contributed by atoms with van der Waals surface area (Å²) in [6.07, 6.45) is 0. The molecule has 0 aromatic carbocycles. The largest absolute Gasteiger partial charge is 0.478 e. The second kappa shape index (κ2) is 2.30. The van der Waals surface area contributed by atoms with Crippen molar-refractivity contribution in [1.29, 1.82) is 0 Å². The lowest BCUT2D eigenvalue weighted by Gasteiger charge is -1.88. The maximum atomic E-state index is 11.6. The molecule has 8 heavy (non-hydrogen) atoms. The van der Waals surface area contributed by atoms with Gasteiger partial charge in [0.1, 0.15) is 0 Å². The minimum Gasteiger partial charge on any atom is -0.478 e. The molecule has 0 rings (SSSR count). The third kappa shape index (κ3) is 1.59. The average Bonchev–Trinajstić information content (AvgIpc) is 1.64. The molecule has 0 aliphatic rings. The number of carbonyl (C=O) groups is 1. The maximum absolute atomic E-state index is 11.6. The number of nitrogens with two attached hydrogens (primary N) is 1. The fourth-order valence-corrected chi connectivity index (χ4v) is 0.102. The number of hydrogen-bond acceptors (Lipinski definition) is 2. The summed E-state index contributed by atoms with van der Waals surface area (Å²) in [5.74, 6) is -2.47. The smallest absolute Gasteiger partial charge is 0.335 e. The normalized spacial score (nSPS) is 12.8. The molecule has 0 atom stereocenters. The Bertz CT molecular complexity index is 137. The van der Waals surface area contributed by atoms with E-state index >= 15 is 0 Å². The Balaban J connectivity index is 4.23. The lowest BCUT2D eigenvalue weighted by atomic mass is 10.3. The molecule has 0 unspecified atom stereocenters. The zero-order valence-corrected chi connectivity index (χ0v) is 4.31. The van der Waals surface area contributed by atoms with Gasteiger partial charge in [0.05, 0.1) is 5.57 Å². The van der Waals surface area contributed by atoms with Crippen LogP contribution in [0.5, 0.6) is 0 Å². The molecule has 0 spiro atoms. The summed E-state index contributed by atoms with van der Waals surface area (Å²) in [4.78, 5) is 9.76. The molecule has 0 aliphatic heterocycles. The molecule has 0 radical (unpaired) electrons. The van der Waals surface area contributed by atoms with Crippen LogP contribution in [0.4, 0.5) is 4.39 Å². The highest BCUT2D eigenvalue weighted by Gasteiger charge is 2.03. The fourth-order valence-electron chi connectivity index (χ4n) is 0.102. The lowest BCUT2D eigenvalue weighted by molar-refractivity contribution is -0.132. The van der Waals surface area contributed by atoms with Crippen LogP contribution in [-0.2, 0) is 4.79 Å². The van der Waals surface area contributed by atoms with E-state index in [1.165, 1.54) is 0 Å². The molecule has 4 heteroatoms. The third-order valence-electron chi connectivity index (χ3n) is 0.679. The first-order valence-electron chi connectivity index (χ1n) is 1.91. The van der Waals surface area contributed by atoms with Gasteiger partial charge in [0.2, 0.25) is 0 Å². The van der Waals surface area contributed by atoms with Crippen molar-refractivity contribution in [2.45, 2.75) is 6.92 Å². The van der Waals surface area contributed by atoms with Gasteiger partial charge in [0, 0.05) is 0 Å². The first-order valence-corrected chi connectivity index (χ1v) is 1.91. The summed E-state index contributed by atoms with van der Waals surface area (Å²) in [6, 6.07) is 0. The topological polar surface area (TPSA) is 63.3 Å². The van der Waals surface area contributed by atoms with Gasteiger partial charge in [-0.1, -0.05) is 0 Å². The summed E-state index contributed by atoms with van der Waals surface area (Å²) >= 11 is 0. The van der Waals surface area contributed by atoms with Gasteiger partial charge in [-0.3, -0.25) is 0 Å². The monoisotopic (exact) mass is 119 g/mol. The molecular weight excluding hydrogens is 113 g/mol. The van der Waals surface area contributed by atoms with Crippen LogP contribution in [0.25, 0.3) is 0 Å². The standard InChI is InChI=1S/C4H6FNO2/c1-2(3(5)6)4(7)8/h6H2,1H3,(H,7,8). The van der Waals surface area contributed by atoms with Crippen molar-refractivity contribution in [2.24, 2.45) is 5.73 Å². The summed E-state index contributed by atoms with van der Waals surface area (Å²) in [5.41, 5.74) is 4.02. The van der Waals surface area contributed by atoms with Crippen LogP contribution in [0.15, 0.2) is 11.5 Å². The van der Waals surface area contributed by atoms with Crippen molar-refractivity contribution in [3.05, 3.63) is 11.5 Å². The van der Waals surface area contributed by atoms with Crippen molar-refractivity contribution in [3.8, 4) is 0 Å². The summed E-state index contributed by atoms with van der Waals surface area (Å²) < 4.78 is 11.6. The van der Waals surface area contributed by atoms with Crippen LogP contribution in [0.1, 0.15) is 6.92 Å². The maximum Gasteiger partial charge on any atom is 0.335 e. The van der Waals surface area contributed by atoms with Gasteiger partial charge >= 0.3 is 5.97 Å². The van der Waals surface area contributed by atoms with Crippen molar-refractivity contribution >= 4 is 5.97 Å². The van der Waals surface area contributed by atoms with Crippen LogP contribution in [0, 0.1) is 0 Å². The minimum atomic E-state index is -1.33. The highest BCUT2D eigenvalue weighted by atomic mass is 19.1. The van der Waals surface area contributed by atoms with E-state index in [9.17, 15) is 9.18 Å². The highest BCUT2D eigenvalue weighted by molar-refractivity contribution is 5.86. The number of rotatable bonds is 1. The van der Waals surface area contributed by atoms with E-state index in [0.29, 0.717) is 0 Å². The van der Waals surface area contributed by atoms with E-state index in [1.54, 1.807) is 0 Å². The van der Waals surface area contributed by atoms with Gasteiger partial charge in [0.15, 0.2) is 5.95 Å². The molecule has 0 aromatic heterocycles. The van der Waals surface area contributed by atoms with Crippen LogP contribution >= 0.6 is 0 Å². The predicted octanol–water partition coefficient (Wildman–Crippen LogP) is 0.231. The molecule has 0 saturated carbocycles.